The summed E-state index contributed by atoms with van der Waals surface area (Å²) < 4.78 is 0. The second-order valence-corrected chi connectivity index (χ2v) is 5.89. The number of carbonyl (C=O) groups is 1. The first-order valence-electron chi connectivity index (χ1n) is 5.30. The smallest absolute Gasteiger partial charge is 0.125 e. The molecule has 1 N–H and O–H groups in total. The standard InChI is InChI=1S/C8H16O.C5H10O/c1-5-6-7(9)8(2,3)4;1-5(2,3)4-6/h5,7,9H,1,6H2,2-4H3;4H,1-3H3. The molecule has 0 saturated heterocycles. The van der Waals surface area contributed by atoms with Crippen LogP contribution in [0.2, 0.25) is 0 Å². The van der Waals surface area contributed by atoms with Crippen LogP contribution in [-0.4, -0.2) is 17.5 Å². The van der Waals surface area contributed by atoms with Crippen LogP contribution in [0.4, 0.5) is 0 Å². The minimum atomic E-state index is -0.255. The van der Waals surface area contributed by atoms with E-state index in [2.05, 4.69) is 6.58 Å². The molecule has 0 saturated carbocycles. The van der Waals surface area contributed by atoms with Crippen LogP contribution in [-0.2, 0) is 4.79 Å². The Morgan fingerprint density at radius 3 is 1.60 bits per heavy atom. The van der Waals surface area contributed by atoms with Crippen molar-refractivity contribution in [1.29, 1.82) is 0 Å². The lowest BCUT2D eigenvalue weighted by atomic mass is 9.87. The van der Waals surface area contributed by atoms with Crippen molar-refractivity contribution in [2.24, 2.45) is 10.8 Å². The van der Waals surface area contributed by atoms with E-state index in [0.29, 0.717) is 6.42 Å². The molecule has 0 spiro atoms. The predicted molar refractivity (Wildman–Crippen MR) is 65.8 cm³/mol. The van der Waals surface area contributed by atoms with Crippen LogP contribution in [0.1, 0.15) is 48.0 Å². The van der Waals surface area contributed by atoms with Crippen LogP contribution in [0, 0.1) is 10.8 Å². The van der Waals surface area contributed by atoms with E-state index < -0.39 is 0 Å². The molecule has 0 aromatic carbocycles. The Labute approximate surface area is 94.4 Å². The molecule has 0 radical (unpaired) electrons. The fourth-order valence-corrected chi connectivity index (χ4v) is 0.511. The van der Waals surface area contributed by atoms with Crippen molar-refractivity contribution in [2.75, 3.05) is 0 Å². The van der Waals surface area contributed by atoms with Gasteiger partial charge in [-0.1, -0.05) is 47.6 Å². The van der Waals surface area contributed by atoms with E-state index in [-0.39, 0.29) is 16.9 Å². The molecule has 2 heteroatoms. The van der Waals surface area contributed by atoms with Crippen molar-refractivity contribution in [2.45, 2.75) is 54.1 Å². The van der Waals surface area contributed by atoms with Crippen molar-refractivity contribution in [3.63, 3.8) is 0 Å². The Bertz CT molecular complexity index is 182. The van der Waals surface area contributed by atoms with Crippen LogP contribution in [0.3, 0.4) is 0 Å². The summed E-state index contributed by atoms with van der Waals surface area (Å²) in [5.41, 5.74) is -0.145. The van der Waals surface area contributed by atoms with E-state index in [1.165, 1.54) is 0 Å². The average molecular weight is 214 g/mol. The molecule has 0 bridgehead atoms. The van der Waals surface area contributed by atoms with Gasteiger partial charge < -0.3 is 9.90 Å². The Balaban J connectivity index is 0. The molecule has 0 aliphatic carbocycles. The summed E-state index contributed by atoms with van der Waals surface area (Å²) in [6.07, 6.45) is 3.11. The van der Waals surface area contributed by atoms with E-state index in [4.69, 9.17) is 0 Å². The van der Waals surface area contributed by atoms with Crippen LogP contribution in [0.5, 0.6) is 0 Å². The van der Waals surface area contributed by atoms with E-state index in [1.54, 1.807) is 6.08 Å². The lowest BCUT2D eigenvalue weighted by Crippen LogP contribution is -2.24. The van der Waals surface area contributed by atoms with E-state index in [1.807, 2.05) is 41.5 Å². The van der Waals surface area contributed by atoms with Gasteiger partial charge in [-0.15, -0.1) is 6.58 Å². The number of hydrogen-bond acceptors (Lipinski definition) is 2. The largest absolute Gasteiger partial charge is 0.392 e. The highest BCUT2D eigenvalue weighted by Crippen LogP contribution is 2.21. The summed E-state index contributed by atoms with van der Waals surface area (Å²) in [7, 11) is 0. The van der Waals surface area contributed by atoms with Crippen molar-refractivity contribution < 1.29 is 9.90 Å². The van der Waals surface area contributed by atoms with Crippen molar-refractivity contribution >= 4 is 6.29 Å². The third kappa shape index (κ3) is 13.4. The van der Waals surface area contributed by atoms with E-state index in [9.17, 15) is 9.90 Å². The molecule has 2 nitrogen and oxygen atoms in total. The summed E-state index contributed by atoms with van der Waals surface area (Å²) in [6, 6.07) is 0. The van der Waals surface area contributed by atoms with Gasteiger partial charge in [-0.05, 0) is 11.8 Å². The first kappa shape index (κ1) is 16.8. The third-order valence-corrected chi connectivity index (χ3v) is 1.74. The maximum Gasteiger partial charge on any atom is 0.125 e. The zero-order valence-electron chi connectivity index (χ0n) is 11.0. The highest BCUT2D eigenvalue weighted by Gasteiger charge is 2.19. The molecule has 15 heavy (non-hydrogen) atoms. The second kappa shape index (κ2) is 6.78. The normalized spacial score (nSPS) is 13.5. The third-order valence-electron chi connectivity index (χ3n) is 1.74. The highest BCUT2D eigenvalue weighted by atomic mass is 16.3. The van der Waals surface area contributed by atoms with Gasteiger partial charge in [0.25, 0.3) is 0 Å². The van der Waals surface area contributed by atoms with Crippen LogP contribution < -0.4 is 0 Å². The lowest BCUT2D eigenvalue weighted by molar-refractivity contribution is -0.113. The topological polar surface area (TPSA) is 37.3 Å². The van der Waals surface area contributed by atoms with Gasteiger partial charge in [-0.25, -0.2) is 0 Å². The van der Waals surface area contributed by atoms with Gasteiger partial charge >= 0.3 is 0 Å². The van der Waals surface area contributed by atoms with Gasteiger partial charge in [0.15, 0.2) is 0 Å². The number of carbonyl (C=O) groups excluding carboxylic acids is 1. The van der Waals surface area contributed by atoms with E-state index >= 15 is 0 Å². The number of rotatable bonds is 2. The molecule has 0 rings (SSSR count). The van der Waals surface area contributed by atoms with Gasteiger partial charge in [0, 0.05) is 5.41 Å². The molecule has 0 amide bonds. The Morgan fingerprint density at radius 1 is 1.20 bits per heavy atom. The Morgan fingerprint density at radius 2 is 1.53 bits per heavy atom. The molecular weight excluding hydrogens is 188 g/mol. The molecule has 0 heterocycles. The summed E-state index contributed by atoms with van der Waals surface area (Å²) in [5, 5.41) is 9.31. The molecule has 0 aromatic heterocycles. The summed E-state index contributed by atoms with van der Waals surface area (Å²) in [6.45, 7) is 15.2. The van der Waals surface area contributed by atoms with Gasteiger partial charge in [-0.2, -0.15) is 0 Å². The Hall–Kier alpha value is -0.630. The van der Waals surface area contributed by atoms with Crippen molar-refractivity contribution in [3.05, 3.63) is 12.7 Å². The monoisotopic (exact) mass is 214 g/mol. The van der Waals surface area contributed by atoms with E-state index in [0.717, 1.165) is 6.29 Å². The Kier molecular flexibility index (Phi) is 7.59. The quantitative estimate of drug-likeness (QED) is 0.566. The van der Waals surface area contributed by atoms with Gasteiger partial charge in [0.2, 0.25) is 0 Å². The van der Waals surface area contributed by atoms with Gasteiger partial charge in [-0.3, -0.25) is 0 Å². The van der Waals surface area contributed by atoms with Crippen LogP contribution >= 0.6 is 0 Å². The maximum absolute atomic E-state index is 9.83. The fourth-order valence-electron chi connectivity index (χ4n) is 0.511. The fraction of sp³-hybridized carbons (Fsp3) is 0.769. The number of aliphatic hydroxyl groups is 1. The zero-order valence-corrected chi connectivity index (χ0v) is 11.0. The van der Waals surface area contributed by atoms with Crippen molar-refractivity contribution in [1.82, 2.24) is 0 Å². The van der Waals surface area contributed by atoms with Gasteiger partial charge in [0.1, 0.15) is 6.29 Å². The van der Waals surface area contributed by atoms with Crippen LogP contribution in [0.25, 0.3) is 0 Å². The first-order chi connectivity index (χ1) is 6.54. The summed E-state index contributed by atoms with van der Waals surface area (Å²) in [4.78, 5) is 9.83. The molecule has 1 atom stereocenters. The van der Waals surface area contributed by atoms with Gasteiger partial charge in [0.05, 0.1) is 6.10 Å². The number of hydrogen-bond donors (Lipinski definition) is 1. The lowest BCUT2D eigenvalue weighted by Gasteiger charge is -2.24. The predicted octanol–water partition coefficient (Wildman–Crippen LogP) is 3.20. The molecule has 0 fully saturated rings. The SMILES string of the molecule is C=CCC(O)C(C)(C)C.CC(C)(C)C=O. The summed E-state index contributed by atoms with van der Waals surface area (Å²) in [5.74, 6) is 0. The molecule has 1 unspecified atom stereocenters. The molecule has 0 aromatic rings. The number of aldehydes is 1. The molecule has 90 valence electrons. The zero-order chi connectivity index (χ0) is 12.7. The summed E-state index contributed by atoms with van der Waals surface area (Å²) >= 11 is 0. The maximum atomic E-state index is 9.83. The molecule has 0 aliphatic heterocycles. The second-order valence-electron chi connectivity index (χ2n) is 5.89. The molecular formula is C13H26O2. The highest BCUT2D eigenvalue weighted by molar-refractivity contribution is 5.56. The minimum absolute atomic E-state index is 0.00576. The molecule has 0 aliphatic rings. The minimum Gasteiger partial charge on any atom is -0.392 e. The first-order valence-corrected chi connectivity index (χ1v) is 5.30. The van der Waals surface area contributed by atoms with Crippen LogP contribution in [0.15, 0.2) is 12.7 Å². The van der Waals surface area contributed by atoms with Crippen molar-refractivity contribution in [3.8, 4) is 0 Å². The number of aliphatic hydroxyl groups excluding tert-OH is 1. The average Bonchev–Trinajstić information content (AvgIpc) is 2.03.